The van der Waals surface area contributed by atoms with Crippen molar-refractivity contribution in [2.75, 3.05) is 27.7 Å². The van der Waals surface area contributed by atoms with Crippen molar-refractivity contribution >= 4 is 0 Å². The summed E-state index contributed by atoms with van der Waals surface area (Å²) in [6, 6.07) is 6.88. The van der Waals surface area contributed by atoms with Crippen LogP contribution in [0.15, 0.2) is 18.2 Å². The van der Waals surface area contributed by atoms with Gasteiger partial charge in [-0.05, 0) is 58.1 Å². The van der Waals surface area contributed by atoms with Crippen molar-refractivity contribution < 1.29 is 4.74 Å². The molecule has 102 valence electrons. The first-order valence-corrected chi connectivity index (χ1v) is 6.54. The topological polar surface area (TPSA) is 24.5 Å². The van der Waals surface area contributed by atoms with Crippen LogP contribution in [0, 0.1) is 6.92 Å². The minimum Gasteiger partial charge on any atom is -0.496 e. The molecular weight excluding hydrogens is 224 g/mol. The van der Waals surface area contributed by atoms with Crippen LogP contribution >= 0.6 is 0 Å². The summed E-state index contributed by atoms with van der Waals surface area (Å²) in [5, 5.41) is 3.55. The van der Waals surface area contributed by atoms with E-state index in [0.29, 0.717) is 6.04 Å². The highest BCUT2D eigenvalue weighted by molar-refractivity contribution is 5.36. The maximum atomic E-state index is 5.26. The average Bonchev–Trinajstić information content (AvgIpc) is 2.34. The molecule has 0 amide bonds. The highest BCUT2D eigenvalue weighted by Gasteiger charge is 2.04. The zero-order chi connectivity index (χ0) is 13.5. The van der Waals surface area contributed by atoms with E-state index in [1.807, 2.05) is 6.07 Å². The number of hydrogen-bond donors (Lipinski definition) is 1. The summed E-state index contributed by atoms with van der Waals surface area (Å²) < 4.78 is 5.26. The maximum absolute atomic E-state index is 5.26. The van der Waals surface area contributed by atoms with Gasteiger partial charge in [0, 0.05) is 12.6 Å². The molecule has 0 aliphatic rings. The highest BCUT2D eigenvalue weighted by Crippen LogP contribution is 2.18. The maximum Gasteiger partial charge on any atom is 0.121 e. The Morgan fingerprint density at radius 3 is 2.61 bits per heavy atom. The van der Waals surface area contributed by atoms with Crippen LogP contribution in [-0.2, 0) is 6.54 Å². The second-order valence-corrected chi connectivity index (χ2v) is 5.18. The Labute approximate surface area is 111 Å². The van der Waals surface area contributed by atoms with Crippen LogP contribution in [0.25, 0.3) is 0 Å². The Balaban J connectivity index is 2.41. The van der Waals surface area contributed by atoms with Crippen molar-refractivity contribution in [3.05, 3.63) is 29.3 Å². The fraction of sp³-hybridized carbons (Fsp3) is 0.600. The summed E-state index contributed by atoms with van der Waals surface area (Å²) in [5.41, 5.74) is 2.50. The summed E-state index contributed by atoms with van der Waals surface area (Å²) in [5.74, 6) is 0.958. The van der Waals surface area contributed by atoms with E-state index in [9.17, 15) is 0 Å². The number of benzene rings is 1. The van der Waals surface area contributed by atoms with Crippen molar-refractivity contribution in [2.24, 2.45) is 0 Å². The molecule has 1 aromatic rings. The van der Waals surface area contributed by atoms with Crippen molar-refractivity contribution in [3.8, 4) is 5.75 Å². The van der Waals surface area contributed by atoms with Gasteiger partial charge in [-0.25, -0.2) is 0 Å². The molecule has 1 unspecified atom stereocenters. The molecule has 18 heavy (non-hydrogen) atoms. The molecular formula is C15H26N2O. The van der Waals surface area contributed by atoms with E-state index in [-0.39, 0.29) is 0 Å². The standard InChI is InChI=1S/C15H26N2O/c1-12-10-14(6-7-15(12)18-5)11-16-13(2)8-9-17(3)4/h6-7,10,13,16H,8-9,11H2,1-5H3. The van der Waals surface area contributed by atoms with Crippen LogP contribution in [0.2, 0.25) is 0 Å². The molecule has 3 nitrogen and oxygen atoms in total. The van der Waals surface area contributed by atoms with Gasteiger partial charge < -0.3 is 15.0 Å². The smallest absolute Gasteiger partial charge is 0.121 e. The molecule has 1 rings (SSSR count). The number of rotatable bonds is 7. The molecule has 1 N–H and O–H groups in total. The summed E-state index contributed by atoms with van der Waals surface area (Å²) >= 11 is 0. The van der Waals surface area contributed by atoms with Gasteiger partial charge >= 0.3 is 0 Å². The van der Waals surface area contributed by atoms with E-state index in [1.54, 1.807) is 7.11 Å². The monoisotopic (exact) mass is 250 g/mol. The van der Waals surface area contributed by atoms with E-state index in [1.165, 1.54) is 17.5 Å². The second kappa shape index (κ2) is 7.39. The molecule has 0 aliphatic carbocycles. The number of nitrogens with zero attached hydrogens (tertiary/aromatic N) is 1. The van der Waals surface area contributed by atoms with Crippen LogP contribution in [0.3, 0.4) is 0 Å². The molecule has 0 heterocycles. The molecule has 0 aromatic heterocycles. The Bertz CT molecular complexity index is 364. The zero-order valence-electron chi connectivity index (χ0n) is 12.3. The molecule has 0 saturated heterocycles. The molecule has 0 aliphatic heterocycles. The zero-order valence-corrected chi connectivity index (χ0v) is 12.3. The summed E-state index contributed by atoms with van der Waals surface area (Å²) in [7, 11) is 5.93. The molecule has 0 bridgehead atoms. The summed E-state index contributed by atoms with van der Waals surface area (Å²) in [6.07, 6.45) is 1.17. The van der Waals surface area contributed by atoms with Crippen LogP contribution in [0.1, 0.15) is 24.5 Å². The van der Waals surface area contributed by atoms with Crippen LogP contribution < -0.4 is 10.1 Å². The lowest BCUT2D eigenvalue weighted by atomic mass is 10.1. The normalized spacial score (nSPS) is 12.8. The summed E-state index contributed by atoms with van der Waals surface area (Å²) in [6.45, 7) is 6.35. The first-order chi connectivity index (χ1) is 8.52. The molecule has 0 fully saturated rings. The second-order valence-electron chi connectivity index (χ2n) is 5.18. The minimum atomic E-state index is 0.537. The number of ether oxygens (including phenoxy) is 1. The lowest BCUT2D eigenvalue weighted by Gasteiger charge is -2.17. The van der Waals surface area contributed by atoms with Gasteiger partial charge in [-0.2, -0.15) is 0 Å². The lowest BCUT2D eigenvalue weighted by molar-refractivity contribution is 0.365. The average molecular weight is 250 g/mol. The molecule has 0 saturated carbocycles. The van der Waals surface area contributed by atoms with Gasteiger partial charge in [0.1, 0.15) is 5.75 Å². The van der Waals surface area contributed by atoms with E-state index < -0.39 is 0 Å². The summed E-state index contributed by atoms with van der Waals surface area (Å²) in [4.78, 5) is 2.22. The van der Waals surface area contributed by atoms with E-state index in [2.05, 4.69) is 50.3 Å². The third kappa shape index (κ3) is 5.07. The van der Waals surface area contributed by atoms with Crippen molar-refractivity contribution in [2.45, 2.75) is 32.9 Å². The Hall–Kier alpha value is -1.06. The highest BCUT2D eigenvalue weighted by atomic mass is 16.5. The van der Waals surface area contributed by atoms with Crippen LogP contribution in [0.5, 0.6) is 5.75 Å². The minimum absolute atomic E-state index is 0.537. The molecule has 0 radical (unpaired) electrons. The molecule has 1 aromatic carbocycles. The van der Waals surface area contributed by atoms with E-state index >= 15 is 0 Å². The third-order valence-electron chi connectivity index (χ3n) is 3.12. The van der Waals surface area contributed by atoms with Crippen LogP contribution in [-0.4, -0.2) is 38.7 Å². The SMILES string of the molecule is COc1ccc(CNC(C)CCN(C)C)cc1C. The van der Waals surface area contributed by atoms with Crippen molar-refractivity contribution in [1.29, 1.82) is 0 Å². The molecule has 1 atom stereocenters. The number of methoxy groups -OCH3 is 1. The fourth-order valence-electron chi connectivity index (χ4n) is 1.90. The largest absolute Gasteiger partial charge is 0.496 e. The first-order valence-electron chi connectivity index (χ1n) is 6.54. The van der Waals surface area contributed by atoms with E-state index in [0.717, 1.165) is 18.8 Å². The number of hydrogen-bond acceptors (Lipinski definition) is 3. The Kier molecular flexibility index (Phi) is 6.16. The van der Waals surface area contributed by atoms with Gasteiger partial charge in [-0.3, -0.25) is 0 Å². The predicted molar refractivity (Wildman–Crippen MR) is 77.2 cm³/mol. The van der Waals surface area contributed by atoms with Crippen LogP contribution in [0.4, 0.5) is 0 Å². The predicted octanol–water partition coefficient (Wildman–Crippen LogP) is 2.43. The molecule has 0 spiro atoms. The third-order valence-corrected chi connectivity index (χ3v) is 3.12. The Morgan fingerprint density at radius 2 is 2.06 bits per heavy atom. The van der Waals surface area contributed by atoms with Crippen molar-refractivity contribution in [3.63, 3.8) is 0 Å². The quantitative estimate of drug-likeness (QED) is 0.804. The molecule has 3 heteroatoms. The lowest BCUT2D eigenvalue weighted by Crippen LogP contribution is -2.29. The van der Waals surface area contributed by atoms with Gasteiger partial charge in [0.05, 0.1) is 7.11 Å². The van der Waals surface area contributed by atoms with Gasteiger partial charge in [0.15, 0.2) is 0 Å². The van der Waals surface area contributed by atoms with Gasteiger partial charge in [-0.1, -0.05) is 12.1 Å². The number of nitrogens with one attached hydrogen (secondary N) is 1. The van der Waals surface area contributed by atoms with Gasteiger partial charge in [-0.15, -0.1) is 0 Å². The van der Waals surface area contributed by atoms with Gasteiger partial charge in [0.25, 0.3) is 0 Å². The van der Waals surface area contributed by atoms with Gasteiger partial charge in [0.2, 0.25) is 0 Å². The Morgan fingerprint density at radius 1 is 1.33 bits per heavy atom. The first kappa shape index (κ1) is 15.0. The van der Waals surface area contributed by atoms with E-state index in [4.69, 9.17) is 4.74 Å². The van der Waals surface area contributed by atoms with Crippen molar-refractivity contribution in [1.82, 2.24) is 10.2 Å². The number of aryl methyl sites for hydroxylation is 1. The fourth-order valence-corrected chi connectivity index (χ4v) is 1.90.